The van der Waals surface area contributed by atoms with Crippen molar-refractivity contribution in [3.63, 3.8) is 0 Å². The number of fused-ring (bicyclic) bond motifs is 1. The minimum atomic E-state index is -0.377. The number of rotatable bonds is 6. The minimum Gasteiger partial charge on any atom is -0.453 e. The van der Waals surface area contributed by atoms with E-state index in [0.717, 1.165) is 90.1 Å². The largest absolute Gasteiger partial charge is 0.453 e. The Labute approximate surface area is 292 Å². The molecule has 4 heterocycles. The molecule has 2 aliphatic rings. The van der Waals surface area contributed by atoms with Crippen molar-refractivity contribution in [2.75, 3.05) is 30.8 Å². The van der Waals surface area contributed by atoms with Crippen LogP contribution in [0.5, 0.6) is 0 Å². The van der Waals surface area contributed by atoms with Crippen LogP contribution in [0.4, 0.5) is 16.3 Å². The van der Waals surface area contributed by atoms with E-state index in [1.165, 1.54) is 7.11 Å². The zero-order valence-electron chi connectivity index (χ0n) is 26.0. The quantitative estimate of drug-likeness (QED) is 0.179. The Bertz CT molecular complexity index is 1840. The molecular formula is C34H39Cl3N8O2. The second-order valence-electron chi connectivity index (χ2n) is 11.8. The average Bonchev–Trinajstić information content (AvgIpc) is 3.43. The number of alkyl carbamates (subject to hydrolysis) is 1. The molecule has 0 atom stereocenters. The van der Waals surface area contributed by atoms with E-state index in [1.807, 2.05) is 24.3 Å². The van der Waals surface area contributed by atoms with Crippen LogP contribution in [0.15, 0.2) is 79.0 Å². The molecule has 7 rings (SSSR count). The number of halogens is 3. The van der Waals surface area contributed by atoms with Crippen LogP contribution in [0.25, 0.3) is 39.5 Å². The van der Waals surface area contributed by atoms with Crippen LogP contribution in [0, 0.1) is 0 Å². The summed E-state index contributed by atoms with van der Waals surface area (Å²) in [6, 6.07) is 24.8. The number of carbonyl (C=O) groups excluding carboxylic acids is 1. The molecule has 2 fully saturated rings. The van der Waals surface area contributed by atoms with Gasteiger partial charge in [0.1, 0.15) is 11.3 Å². The van der Waals surface area contributed by atoms with E-state index in [9.17, 15) is 4.79 Å². The summed E-state index contributed by atoms with van der Waals surface area (Å²) in [6.07, 6.45) is 6.18. The molecule has 3 aromatic heterocycles. The lowest BCUT2D eigenvalue weighted by Crippen LogP contribution is -2.44. The van der Waals surface area contributed by atoms with Crippen molar-refractivity contribution in [2.24, 2.45) is 5.73 Å². The summed E-state index contributed by atoms with van der Waals surface area (Å²) >= 11 is 0. The number of methoxy groups -OCH3 is 1. The van der Waals surface area contributed by atoms with Crippen LogP contribution < -0.4 is 21.7 Å². The maximum atomic E-state index is 11.6. The van der Waals surface area contributed by atoms with E-state index in [1.54, 1.807) is 6.20 Å². The highest BCUT2D eigenvalue weighted by molar-refractivity contribution is 5.86. The lowest BCUT2D eigenvalue weighted by atomic mass is 9.73. The monoisotopic (exact) mass is 696 g/mol. The van der Waals surface area contributed by atoms with Crippen LogP contribution in [-0.2, 0) is 10.3 Å². The van der Waals surface area contributed by atoms with Gasteiger partial charge in [-0.2, -0.15) is 0 Å². The second kappa shape index (κ2) is 14.8. The molecule has 2 aromatic carbocycles. The van der Waals surface area contributed by atoms with Crippen molar-refractivity contribution in [2.45, 2.75) is 43.7 Å². The molecule has 0 unspecified atom stereocenters. The van der Waals surface area contributed by atoms with Gasteiger partial charge in [0, 0.05) is 47.8 Å². The van der Waals surface area contributed by atoms with Crippen molar-refractivity contribution in [1.82, 2.24) is 24.8 Å². The van der Waals surface area contributed by atoms with Gasteiger partial charge in [0.2, 0.25) is 0 Å². The number of hydrogen-bond donors (Lipinski definition) is 3. The van der Waals surface area contributed by atoms with E-state index in [2.05, 4.69) is 68.3 Å². The first-order chi connectivity index (χ1) is 21.4. The smallest absolute Gasteiger partial charge is 0.407 e. The number of nitrogens with one attached hydrogen (secondary N) is 1. The Kier molecular flexibility index (Phi) is 11.2. The molecule has 1 amide bonds. The van der Waals surface area contributed by atoms with Crippen LogP contribution >= 0.6 is 37.2 Å². The number of carbonyl (C=O) groups is 1. The van der Waals surface area contributed by atoms with E-state index < -0.39 is 0 Å². The number of benzene rings is 2. The zero-order chi connectivity index (χ0) is 30.3. The first-order valence-electron chi connectivity index (χ1n) is 15.1. The third-order valence-electron chi connectivity index (χ3n) is 9.04. The lowest BCUT2D eigenvalue weighted by molar-refractivity contribution is 0.164. The molecule has 47 heavy (non-hydrogen) atoms. The fourth-order valence-corrected chi connectivity index (χ4v) is 6.31. The zero-order valence-corrected chi connectivity index (χ0v) is 28.4. The van der Waals surface area contributed by atoms with Crippen molar-refractivity contribution < 1.29 is 9.53 Å². The predicted octanol–water partition coefficient (Wildman–Crippen LogP) is 6.66. The van der Waals surface area contributed by atoms with Crippen LogP contribution in [-0.4, -0.2) is 51.9 Å². The van der Waals surface area contributed by atoms with Crippen LogP contribution in [0.2, 0.25) is 0 Å². The summed E-state index contributed by atoms with van der Waals surface area (Å²) < 4.78 is 6.82. The first-order valence-corrected chi connectivity index (χ1v) is 15.1. The number of nitrogen functional groups attached to an aromatic ring is 1. The predicted molar refractivity (Wildman–Crippen MR) is 194 cm³/mol. The van der Waals surface area contributed by atoms with Gasteiger partial charge < -0.3 is 26.4 Å². The molecule has 1 saturated carbocycles. The SMILES string of the molecule is COC(=O)NC1CCN(c2cccc(-c3ccc4nc(-c5cccnc5N)n(-c5ccc(C6(N)CCC6)cc5)c4n3)c2)CC1.Cl.Cl.Cl. The normalized spacial score (nSPS) is 15.4. The van der Waals surface area contributed by atoms with Crippen molar-refractivity contribution >= 4 is 66.0 Å². The van der Waals surface area contributed by atoms with Gasteiger partial charge in [0.05, 0.1) is 18.4 Å². The van der Waals surface area contributed by atoms with Gasteiger partial charge >= 0.3 is 6.09 Å². The molecule has 1 aliphatic heterocycles. The number of hydrogen-bond acceptors (Lipinski definition) is 8. The summed E-state index contributed by atoms with van der Waals surface area (Å²) in [5.74, 6) is 1.10. The third kappa shape index (κ3) is 6.96. The summed E-state index contributed by atoms with van der Waals surface area (Å²) in [5.41, 5.74) is 20.0. The van der Waals surface area contributed by atoms with E-state index in [-0.39, 0.29) is 54.9 Å². The van der Waals surface area contributed by atoms with E-state index >= 15 is 0 Å². The van der Waals surface area contributed by atoms with E-state index in [0.29, 0.717) is 11.6 Å². The molecule has 5 aromatic rings. The van der Waals surface area contributed by atoms with Gasteiger partial charge in [-0.25, -0.2) is 19.7 Å². The molecule has 13 heteroatoms. The molecule has 0 bridgehead atoms. The number of amides is 1. The van der Waals surface area contributed by atoms with Gasteiger partial charge in [0.25, 0.3) is 0 Å². The number of nitrogens with zero attached hydrogens (tertiary/aromatic N) is 5. The number of anilines is 2. The molecule has 1 saturated heterocycles. The molecule has 10 nitrogen and oxygen atoms in total. The minimum absolute atomic E-state index is 0. The van der Waals surface area contributed by atoms with E-state index in [4.69, 9.17) is 26.2 Å². The van der Waals surface area contributed by atoms with Gasteiger partial charge in [-0.05, 0) is 86.2 Å². The second-order valence-corrected chi connectivity index (χ2v) is 11.8. The number of aromatic nitrogens is 4. The maximum absolute atomic E-state index is 11.6. The highest BCUT2D eigenvalue weighted by Gasteiger charge is 2.34. The highest BCUT2D eigenvalue weighted by atomic mass is 35.5. The average molecular weight is 698 g/mol. The van der Waals surface area contributed by atoms with Gasteiger partial charge in [0.15, 0.2) is 11.5 Å². The maximum Gasteiger partial charge on any atom is 0.407 e. The fraction of sp³-hybridized carbons (Fsp3) is 0.294. The Morgan fingerprint density at radius 3 is 2.34 bits per heavy atom. The molecule has 5 N–H and O–H groups in total. The Morgan fingerprint density at radius 1 is 0.936 bits per heavy atom. The fourth-order valence-electron chi connectivity index (χ4n) is 6.31. The van der Waals surface area contributed by atoms with Crippen molar-refractivity contribution in [3.8, 4) is 28.3 Å². The Morgan fingerprint density at radius 2 is 1.68 bits per heavy atom. The molecule has 1 aliphatic carbocycles. The summed E-state index contributed by atoms with van der Waals surface area (Å²) in [4.78, 5) is 28.5. The molecule has 0 radical (unpaired) electrons. The van der Waals surface area contributed by atoms with Crippen molar-refractivity contribution in [3.05, 3.63) is 84.6 Å². The van der Waals surface area contributed by atoms with Crippen LogP contribution in [0.3, 0.4) is 0 Å². The molecule has 0 spiro atoms. The summed E-state index contributed by atoms with van der Waals surface area (Å²) in [5, 5.41) is 2.92. The summed E-state index contributed by atoms with van der Waals surface area (Å²) in [6.45, 7) is 1.68. The number of imidazole rings is 1. The Hall–Kier alpha value is -4.09. The summed E-state index contributed by atoms with van der Waals surface area (Å²) in [7, 11) is 1.39. The third-order valence-corrected chi connectivity index (χ3v) is 9.04. The molecule has 248 valence electrons. The number of pyridine rings is 2. The number of piperidine rings is 1. The highest BCUT2D eigenvalue weighted by Crippen LogP contribution is 2.39. The van der Waals surface area contributed by atoms with Crippen molar-refractivity contribution in [1.29, 1.82) is 0 Å². The Balaban J connectivity index is 0.00000167. The van der Waals surface area contributed by atoms with Gasteiger partial charge in [-0.1, -0.05) is 24.3 Å². The van der Waals surface area contributed by atoms with Gasteiger partial charge in [-0.3, -0.25) is 4.57 Å². The van der Waals surface area contributed by atoms with Gasteiger partial charge in [-0.15, -0.1) is 37.2 Å². The number of ether oxygens (including phenoxy) is 1. The topological polar surface area (TPSA) is 137 Å². The number of nitrogens with two attached hydrogens (primary N) is 2. The molecular weight excluding hydrogens is 659 g/mol. The lowest BCUT2D eigenvalue weighted by Gasteiger charge is -2.38. The standard InChI is InChI=1S/C34H36N8O2.3ClH/c1-44-33(43)38-24-14-19-41(20-15-24)26-6-2-5-22(21-26)28-12-13-29-32(39-28)42(31(40-29)27-7-3-18-37-30(27)35)25-10-8-23(9-11-25)34(36)16-4-17-34;;;/h2-3,5-13,18,21,24H,4,14-17,19-20,36H2,1H3,(H2,35,37)(H,38,43);3*1H. The first kappa shape index (κ1) is 35.8. The van der Waals surface area contributed by atoms with Crippen LogP contribution in [0.1, 0.15) is 37.7 Å².